The normalized spacial score (nSPS) is 10.9. The molecular weight excluding hydrogens is 340 g/mol. The highest BCUT2D eigenvalue weighted by molar-refractivity contribution is 5.94. The smallest absolute Gasteiger partial charge is 0.322 e. The standard InChI is InChI=1S/C12H20N6O7/c13-2-8(20)18-6(1-7(14)19)12(25)17-4-10(22)15-3-9(21)16-5-11(23)24/h6H,1-5,13H2,(H2,14,19)(H,15,22)(H,16,21)(H,17,25)(H,18,20)(H,23,24)/t6-/m0/s1. The first kappa shape index (κ1) is 21.8. The van der Waals surface area contributed by atoms with E-state index in [1.54, 1.807) is 0 Å². The second-order valence-electron chi connectivity index (χ2n) is 4.66. The zero-order valence-corrected chi connectivity index (χ0v) is 13.2. The average Bonchev–Trinajstić information content (AvgIpc) is 2.54. The van der Waals surface area contributed by atoms with Crippen molar-refractivity contribution in [2.45, 2.75) is 12.5 Å². The minimum atomic E-state index is -1.29. The number of primary amides is 1. The van der Waals surface area contributed by atoms with Crippen molar-refractivity contribution in [3.8, 4) is 0 Å². The average molecular weight is 360 g/mol. The van der Waals surface area contributed by atoms with Crippen LogP contribution in [0.3, 0.4) is 0 Å². The van der Waals surface area contributed by atoms with Gasteiger partial charge in [0.05, 0.1) is 26.1 Å². The van der Waals surface area contributed by atoms with Gasteiger partial charge in [-0.25, -0.2) is 0 Å². The highest BCUT2D eigenvalue weighted by Gasteiger charge is 2.22. The Balaban J connectivity index is 4.31. The Kier molecular flexibility index (Phi) is 9.88. The van der Waals surface area contributed by atoms with Gasteiger partial charge in [-0.15, -0.1) is 0 Å². The van der Waals surface area contributed by atoms with E-state index in [-0.39, 0.29) is 0 Å². The zero-order valence-electron chi connectivity index (χ0n) is 13.2. The fourth-order valence-corrected chi connectivity index (χ4v) is 1.43. The number of amides is 5. The van der Waals surface area contributed by atoms with Gasteiger partial charge < -0.3 is 37.8 Å². The van der Waals surface area contributed by atoms with E-state index in [9.17, 15) is 28.8 Å². The summed E-state index contributed by atoms with van der Waals surface area (Å²) in [5.41, 5.74) is 10.1. The number of hydrogen-bond donors (Lipinski definition) is 7. The molecule has 0 heterocycles. The van der Waals surface area contributed by atoms with Crippen LogP contribution < -0.4 is 32.7 Å². The third-order valence-corrected chi connectivity index (χ3v) is 2.55. The SMILES string of the molecule is NCC(=O)N[C@@H](CC(N)=O)C(=O)NCC(=O)NCC(=O)NCC(=O)O. The molecule has 25 heavy (non-hydrogen) atoms. The molecule has 0 saturated carbocycles. The van der Waals surface area contributed by atoms with E-state index in [0.717, 1.165) is 0 Å². The molecule has 1 atom stereocenters. The number of nitrogens with one attached hydrogen (secondary N) is 4. The summed E-state index contributed by atoms with van der Waals surface area (Å²) < 4.78 is 0. The lowest BCUT2D eigenvalue weighted by molar-refractivity contribution is -0.137. The number of hydrogen-bond acceptors (Lipinski definition) is 7. The topological polar surface area (TPSA) is 223 Å². The van der Waals surface area contributed by atoms with Crippen molar-refractivity contribution in [2.24, 2.45) is 11.5 Å². The molecule has 0 unspecified atom stereocenters. The van der Waals surface area contributed by atoms with Crippen molar-refractivity contribution < 1.29 is 33.9 Å². The molecule has 0 radical (unpaired) electrons. The van der Waals surface area contributed by atoms with Crippen molar-refractivity contribution in [3.63, 3.8) is 0 Å². The van der Waals surface area contributed by atoms with Crippen LogP contribution in [0.5, 0.6) is 0 Å². The first-order valence-electron chi connectivity index (χ1n) is 6.96. The van der Waals surface area contributed by atoms with Crippen molar-refractivity contribution in [2.75, 3.05) is 26.2 Å². The second-order valence-corrected chi connectivity index (χ2v) is 4.66. The van der Waals surface area contributed by atoms with Crippen molar-refractivity contribution in [1.29, 1.82) is 0 Å². The predicted octanol–water partition coefficient (Wildman–Crippen LogP) is -5.26. The van der Waals surface area contributed by atoms with Crippen LogP contribution >= 0.6 is 0 Å². The van der Waals surface area contributed by atoms with Gasteiger partial charge in [-0.1, -0.05) is 0 Å². The molecule has 5 amide bonds. The summed E-state index contributed by atoms with van der Waals surface area (Å²) in [4.78, 5) is 66.9. The molecule has 0 aliphatic carbocycles. The molecule has 0 saturated heterocycles. The molecule has 0 fully saturated rings. The van der Waals surface area contributed by atoms with Crippen LogP contribution in [-0.4, -0.2) is 72.8 Å². The fraction of sp³-hybridized carbons (Fsp3) is 0.500. The number of carbonyl (C=O) groups excluding carboxylic acids is 5. The van der Waals surface area contributed by atoms with Crippen LogP contribution in [0, 0.1) is 0 Å². The Hall–Kier alpha value is -3.22. The van der Waals surface area contributed by atoms with Gasteiger partial charge in [-0.05, 0) is 0 Å². The summed E-state index contributed by atoms with van der Waals surface area (Å²) in [6.45, 7) is -2.04. The van der Waals surface area contributed by atoms with Crippen LogP contribution in [-0.2, 0) is 28.8 Å². The second kappa shape index (κ2) is 11.3. The van der Waals surface area contributed by atoms with Crippen LogP contribution in [0.2, 0.25) is 0 Å². The summed E-state index contributed by atoms with van der Waals surface area (Å²) in [6.07, 6.45) is -0.489. The Labute approximate surface area is 141 Å². The third kappa shape index (κ3) is 11.0. The van der Waals surface area contributed by atoms with E-state index in [1.165, 1.54) is 0 Å². The number of nitrogens with two attached hydrogens (primary N) is 2. The first-order valence-corrected chi connectivity index (χ1v) is 6.96. The molecule has 0 bridgehead atoms. The molecule has 0 aromatic carbocycles. The minimum Gasteiger partial charge on any atom is -0.480 e. The quantitative estimate of drug-likeness (QED) is 0.188. The summed E-state index contributed by atoms with van der Waals surface area (Å²) in [7, 11) is 0. The van der Waals surface area contributed by atoms with Crippen molar-refractivity contribution in [3.05, 3.63) is 0 Å². The van der Waals surface area contributed by atoms with E-state index in [2.05, 4.69) is 16.0 Å². The first-order chi connectivity index (χ1) is 11.6. The van der Waals surface area contributed by atoms with Crippen molar-refractivity contribution >= 4 is 35.5 Å². The van der Waals surface area contributed by atoms with Crippen LogP contribution in [0.1, 0.15) is 6.42 Å². The van der Waals surface area contributed by atoms with Crippen molar-refractivity contribution in [1.82, 2.24) is 21.3 Å². The summed E-state index contributed by atoms with van der Waals surface area (Å²) >= 11 is 0. The lowest BCUT2D eigenvalue weighted by Crippen LogP contribution is -2.52. The van der Waals surface area contributed by atoms with Gasteiger partial charge in [0.1, 0.15) is 12.6 Å². The molecule has 0 aromatic heterocycles. The molecule has 0 aliphatic rings. The van der Waals surface area contributed by atoms with Crippen LogP contribution in [0.4, 0.5) is 0 Å². The summed E-state index contributed by atoms with van der Waals surface area (Å²) in [5, 5.41) is 16.8. The maximum atomic E-state index is 11.9. The zero-order chi connectivity index (χ0) is 19.4. The Morgan fingerprint density at radius 3 is 1.84 bits per heavy atom. The molecule has 140 valence electrons. The number of carboxylic acid groups (broad SMARTS) is 1. The largest absolute Gasteiger partial charge is 0.480 e. The summed E-state index contributed by atoms with van der Waals surface area (Å²) in [6, 6.07) is -1.29. The lowest BCUT2D eigenvalue weighted by Gasteiger charge is -2.16. The maximum Gasteiger partial charge on any atom is 0.322 e. The maximum absolute atomic E-state index is 11.9. The number of carboxylic acids is 1. The van der Waals surface area contributed by atoms with E-state index in [0.29, 0.717) is 0 Å². The molecule has 0 spiro atoms. The highest BCUT2D eigenvalue weighted by atomic mass is 16.4. The van der Waals surface area contributed by atoms with E-state index >= 15 is 0 Å². The molecule has 0 aromatic rings. The van der Waals surface area contributed by atoms with Gasteiger partial charge in [0.25, 0.3) is 0 Å². The van der Waals surface area contributed by atoms with Crippen LogP contribution in [0.25, 0.3) is 0 Å². The molecule has 13 heteroatoms. The monoisotopic (exact) mass is 360 g/mol. The Bertz CT molecular complexity index is 550. The Morgan fingerprint density at radius 1 is 0.840 bits per heavy atom. The van der Waals surface area contributed by atoms with E-state index in [1.807, 2.05) is 5.32 Å². The van der Waals surface area contributed by atoms with Gasteiger partial charge in [0, 0.05) is 0 Å². The van der Waals surface area contributed by atoms with Gasteiger partial charge in [0.2, 0.25) is 29.5 Å². The minimum absolute atomic E-state index is 0.408. The van der Waals surface area contributed by atoms with Gasteiger partial charge in [0.15, 0.2) is 0 Å². The van der Waals surface area contributed by atoms with Gasteiger partial charge in [-0.2, -0.15) is 0 Å². The predicted molar refractivity (Wildman–Crippen MR) is 81.5 cm³/mol. The van der Waals surface area contributed by atoms with Crippen LogP contribution in [0.15, 0.2) is 0 Å². The molecular formula is C12H20N6O7. The molecule has 9 N–H and O–H groups in total. The van der Waals surface area contributed by atoms with Gasteiger partial charge >= 0.3 is 5.97 Å². The lowest BCUT2D eigenvalue weighted by atomic mass is 10.2. The summed E-state index contributed by atoms with van der Waals surface area (Å²) in [5.74, 6) is -5.11. The van der Waals surface area contributed by atoms with Gasteiger partial charge in [-0.3, -0.25) is 28.8 Å². The third-order valence-electron chi connectivity index (χ3n) is 2.55. The number of carbonyl (C=O) groups is 6. The molecule has 13 nitrogen and oxygen atoms in total. The fourth-order valence-electron chi connectivity index (χ4n) is 1.43. The van der Waals surface area contributed by atoms with E-state index in [4.69, 9.17) is 16.6 Å². The van der Waals surface area contributed by atoms with E-state index < -0.39 is 74.1 Å². The molecule has 0 aliphatic heterocycles. The number of rotatable bonds is 11. The highest BCUT2D eigenvalue weighted by Crippen LogP contribution is 1.92. The Morgan fingerprint density at radius 2 is 1.36 bits per heavy atom. The molecule has 0 rings (SSSR count). The number of aliphatic carboxylic acids is 1.